The summed E-state index contributed by atoms with van der Waals surface area (Å²) in [5.41, 5.74) is 5.05. The molecular formula is C28H29FN4O2. The third-order valence-electron chi connectivity index (χ3n) is 6.64. The van der Waals surface area contributed by atoms with E-state index in [1.807, 2.05) is 37.3 Å². The number of aliphatic imine (C=N–C) groups is 1. The molecule has 4 aromatic rings. The predicted octanol–water partition coefficient (Wildman–Crippen LogP) is 5.58. The monoisotopic (exact) mass is 472 g/mol. The minimum absolute atomic E-state index is 0.0351. The molecule has 180 valence electrons. The van der Waals surface area contributed by atoms with Crippen molar-refractivity contribution in [3.63, 3.8) is 0 Å². The first kappa shape index (κ1) is 22.9. The molecule has 0 saturated carbocycles. The SMILES string of the molecule is COc1cccc(F)c1-c1ccc2[nH]c(O)c(C(C)=Nc3ccc(N4CCN(C)CC4)cc3)c2c1. The van der Waals surface area contributed by atoms with Crippen LogP contribution in [0.1, 0.15) is 12.5 Å². The van der Waals surface area contributed by atoms with Crippen LogP contribution in [-0.4, -0.2) is 61.0 Å². The van der Waals surface area contributed by atoms with Crippen molar-refractivity contribution in [3.8, 4) is 22.8 Å². The highest BCUT2D eigenvalue weighted by Gasteiger charge is 2.18. The number of halogens is 1. The van der Waals surface area contributed by atoms with E-state index in [1.165, 1.54) is 18.9 Å². The number of aromatic hydroxyl groups is 1. The number of piperazine rings is 1. The zero-order valence-electron chi connectivity index (χ0n) is 20.2. The molecule has 0 atom stereocenters. The number of nitrogens with one attached hydrogen (secondary N) is 1. The fraction of sp³-hybridized carbons (Fsp3) is 0.250. The Morgan fingerprint density at radius 1 is 1.03 bits per heavy atom. The van der Waals surface area contributed by atoms with Crippen molar-refractivity contribution >= 4 is 28.0 Å². The second-order valence-electron chi connectivity index (χ2n) is 8.93. The fourth-order valence-corrected chi connectivity index (χ4v) is 4.71. The Bertz CT molecular complexity index is 1390. The Morgan fingerprint density at radius 3 is 2.49 bits per heavy atom. The molecular weight excluding hydrogens is 443 g/mol. The van der Waals surface area contributed by atoms with E-state index >= 15 is 0 Å². The molecule has 6 nitrogen and oxygen atoms in total. The average Bonchev–Trinajstić information content (AvgIpc) is 3.19. The van der Waals surface area contributed by atoms with Gasteiger partial charge in [-0.1, -0.05) is 12.1 Å². The van der Waals surface area contributed by atoms with E-state index in [-0.39, 0.29) is 11.7 Å². The first-order chi connectivity index (χ1) is 16.9. The second-order valence-corrected chi connectivity index (χ2v) is 8.93. The Hall–Kier alpha value is -3.84. The van der Waals surface area contributed by atoms with E-state index in [9.17, 15) is 9.50 Å². The molecule has 1 aliphatic heterocycles. The molecule has 2 N–H and O–H groups in total. The Kier molecular flexibility index (Phi) is 6.17. The van der Waals surface area contributed by atoms with Gasteiger partial charge in [0.15, 0.2) is 5.88 Å². The zero-order chi connectivity index (χ0) is 24.5. The molecule has 2 heterocycles. The number of nitrogens with zero attached hydrogens (tertiary/aromatic N) is 3. The maximum absolute atomic E-state index is 14.7. The molecule has 0 amide bonds. The fourth-order valence-electron chi connectivity index (χ4n) is 4.71. The summed E-state index contributed by atoms with van der Waals surface area (Å²) in [6, 6.07) is 18.4. The number of rotatable bonds is 5. The smallest absolute Gasteiger partial charge is 0.198 e. The van der Waals surface area contributed by atoms with Gasteiger partial charge in [-0.05, 0) is 68.1 Å². The summed E-state index contributed by atoms with van der Waals surface area (Å²) in [7, 11) is 3.67. The molecule has 0 spiro atoms. The highest BCUT2D eigenvalue weighted by molar-refractivity contribution is 6.13. The Labute approximate surface area is 204 Å². The van der Waals surface area contributed by atoms with Gasteiger partial charge in [0.05, 0.1) is 29.6 Å². The first-order valence-corrected chi connectivity index (χ1v) is 11.7. The molecule has 5 rings (SSSR count). The van der Waals surface area contributed by atoms with Crippen molar-refractivity contribution < 1.29 is 14.2 Å². The zero-order valence-corrected chi connectivity index (χ0v) is 20.2. The summed E-state index contributed by atoms with van der Waals surface area (Å²) in [4.78, 5) is 12.5. The molecule has 0 aliphatic carbocycles. The lowest BCUT2D eigenvalue weighted by Gasteiger charge is -2.34. The number of aromatic nitrogens is 1. The second kappa shape index (κ2) is 9.43. The maximum atomic E-state index is 14.7. The molecule has 3 aromatic carbocycles. The van der Waals surface area contributed by atoms with Gasteiger partial charge >= 0.3 is 0 Å². The Balaban J connectivity index is 1.48. The number of anilines is 1. The van der Waals surface area contributed by atoms with E-state index in [0.717, 1.165) is 42.8 Å². The van der Waals surface area contributed by atoms with Gasteiger partial charge in [-0.3, -0.25) is 4.99 Å². The number of benzene rings is 3. The number of likely N-dealkylation sites (N-methyl/N-ethyl adjacent to an activating group) is 1. The van der Waals surface area contributed by atoms with E-state index in [4.69, 9.17) is 9.73 Å². The van der Waals surface area contributed by atoms with Crippen molar-refractivity contribution in [1.29, 1.82) is 0 Å². The van der Waals surface area contributed by atoms with E-state index in [1.54, 1.807) is 12.1 Å². The first-order valence-electron chi connectivity index (χ1n) is 11.7. The number of hydrogen-bond donors (Lipinski definition) is 2. The van der Waals surface area contributed by atoms with Gasteiger partial charge in [0.25, 0.3) is 0 Å². The van der Waals surface area contributed by atoms with Crippen LogP contribution in [0, 0.1) is 5.82 Å². The molecule has 0 radical (unpaired) electrons. The molecule has 1 aromatic heterocycles. The summed E-state index contributed by atoms with van der Waals surface area (Å²) in [5.74, 6) is 0.125. The quantitative estimate of drug-likeness (QED) is 0.372. The summed E-state index contributed by atoms with van der Waals surface area (Å²) in [6.07, 6.45) is 0. The van der Waals surface area contributed by atoms with E-state index in [2.05, 4.69) is 34.0 Å². The number of aromatic amines is 1. The lowest BCUT2D eigenvalue weighted by molar-refractivity contribution is 0.313. The molecule has 0 bridgehead atoms. The molecule has 0 unspecified atom stereocenters. The lowest BCUT2D eigenvalue weighted by atomic mass is 10.00. The van der Waals surface area contributed by atoms with Crippen molar-refractivity contribution in [1.82, 2.24) is 9.88 Å². The Morgan fingerprint density at radius 2 is 1.77 bits per heavy atom. The number of methoxy groups -OCH3 is 1. The van der Waals surface area contributed by atoms with Crippen molar-refractivity contribution in [2.45, 2.75) is 6.92 Å². The highest BCUT2D eigenvalue weighted by atomic mass is 19.1. The van der Waals surface area contributed by atoms with Gasteiger partial charge in [-0.2, -0.15) is 0 Å². The number of hydrogen-bond acceptors (Lipinski definition) is 5. The number of ether oxygens (including phenoxy) is 1. The van der Waals surface area contributed by atoms with Gasteiger partial charge in [0, 0.05) is 42.8 Å². The summed E-state index contributed by atoms with van der Waals surface area (Å²) in [5, 5.41) is 11.5. The van der Waals surface area contributed by atoms with Gasteiger partial charge in [-0.25, -0.2) is 4.39 Å². The molecule has 1 fully saturated rings. The van der Waals surface area contributed by atoms with Crippen LogP contribution < -0.4 is 9.64 Å². The molecule has 7 heteroatoms. The lowest BCUT2D eigenvalue weighted by Crippen LogP contribution is -2.44. The van der Waals surface area contributed by atoms with Crippen molar-refractivity contribution in [2.24, 2.45) is 4.99 Å². The maximum Gasteiger partial charge on any atom is 0.198 e. The van der Waals surface area contributed by atoms with Gasteiger partial charge in [-0.15, -0.1) is 0 Å². The molecule has 1 saturated heterocycles. The van der Waals surface area contributed by atoms with Crippen LogP contribution in [0.3, 0.4) is 0 Å². The topological polar surface area (TPSA) is 64.1 Å². The van der Waals surface area contributed by atoms with Gasteiger partial charge < -0.3 is 24.6 Å². The number of H-pyrrole nitrogens is 1. The van der Waals surface area contributed by atoms with Crippen LogP contribution in [0.5, 0.6) is 11.6 Å². The largest absolute Gasteiger partial charge is 0.496 e. The van der Waals surface area contributed by atoms with Crippen molar-refractivity contribution in [3.05, 3.63) is 72.0 Å². The van der Waals surface area contributed by atoms with Crippen LogP contribution in [0.25, 0.3) is 22.0 Å². The molecule has 35 heavy (non-hydrogen) atoms. The van der Waals surface area contributed by atoms with Crippen LogP contribution in [0.4, 0.5) is 15.8 Å². The molecule has 1 aliphatic rings. The van der Waals surface area contributed by atoms with Crippen molar-refractivity contribution in [2.75, 3.05) is 45.2 Å². The van der Waals surface area contributed by atoms with Crippen LogP contribution >= 0.6 is 0 Å². The third-order valence-corrected chi connectivity index (χ3v) is 6.64. The van der Waals surface area contributed by atoms with Gasteiger partial charge in [0.2, 0.25) is 0 Å². The standard InChI is InChI=1S/C28H29FN4O2/c1-18(30-20-8-10-21(11-9-20)33-15-13-32(2)14-16-33)26-22-17-19(7-12-24(22)31-28(26)34)27-23(29)5-4-6-25(27)35-3/h4-12,17,31,34H,13-16H2,1-3H3. The van der Waals surface area contributed by atoms with Gasteiger partial charge in [0.1, 0.15) is 11.6 Å². The highest BCUT2D eigenvalue weighted by Crippen LogP contribution is 2.37. The average molecular weight is 473 g/mol. The van der Waals surface area contributed by atoms with E-state index in [0.29, 0.717) is 28.2 Å². The number of fused-ring (bicyclic) bond motifs is 1. The predicted molar refractivity (Wildman–Crippen MR) is 140 cm³/mol. The normalized spacial score (nSPS) is 15.1. The third kappa shape index (κ3) is 4.47. The van der Waals surface area contributed by atoms with Crippen LogP contribution in [0.2, 0.25) is 0 Å². The van der Waals surface area contributed by atoms with Crippen LogP contribution in [0.15, 0.2) is 65.7 Å². The van der Waals surface area contributed by atoms with Crippen LogP contribution in [-0.2, 0) is 0 Å². The summed E-state index contributed by atoms with van der Waals surface area (Å²) in [6.45, 7) is 6.00. The summed E-state index contributed by atoms with van der Waals surface area (Å²) < 4.78 is 20.1. The minimum atomic E-state index is -0.365. The van der Waals surface area contributed by atoms with E-state index < -0.39 is 0 Å². The summed E-state index contributed by atoms with van der Waals surface area (Å²) >= 11 is 0. The minimum Gasteiger partial charge on any atom is -0.496 e.